The van der Waals surface area contributed by atoms with E-state index in [1.807, 2.05) is 84.9 Å². The highest BCUT2D eigenvalue weighted by molar-refractivity contribution is 7.90. The van der Waals surface area contributed by atoms with Gasteiger partial charge in [0.15, 0.2) is 0 Å². The van der Waals surface area contributed by atoms with Crippen LogP contribution in [0, 0.1) is 0 Å². The van der Waals surface area contributed by atoms with Crippen molar-refractivity contribution in [1.82, 2.24) is 4.72 Å². The van der Waals surface area contributed by atoms with E-state index in [1.54, 1.807) is 18.2 Å². The lowest BCUT2D eigenvalue weighted by Crippen LogP contribution is -2.40. The molecular weight excluding hydrogens is 430 g/mol. The molecule has 0 radical (unpaired) electrons. The molecule has 0 fully saturated rings. The molecule has 4 nitrogen and oxygen atoms in total. The smallest absolute Gasteiger partial charge is 0.242 e. The summed E-state index contributed by atoms with van der Waals surface area (Å²) in [7, 11) is -3.76. The molecule has 0 saturated heterocycles. The molecule has 160 valence electrons. The Morgan fingerprint density at radius 2 is 1.33 bits per heavy atom. The summed E-state index contributed by atoms with van der Waals surface area (Å²) in [4.78, 5) is 12.0. The van der Waals surface area contributed by atoms with Gasteiger partial charge in [0.05, 0.1) is 4.90 Å². The van der Waals surface area contributed by atoms with E-state index in [0.717, 1.165) is 39.7 Å². The molecule has 1 aliphatic carbocycles. The summed E-state index contributed by atoms with van der Waals surface area (Å²) in [5, 5.41) is 0. The number of nitrogens with one attached hydrogen (secondary N) is 1. The van der Waals surface area contributed by atoms with Gasteiger partial charge in [-0.15, -0.1) is 0 Å². The molecule has 33 heavy (non-hydrogen) atoms. The maximum atomic E-state index is 13.4. The third-order valence-electron chi connectivity index (χ3n) is 6.47. The van der Waals surface area contributed by atoms with Crippen molar-refractivity contribution in [1.29, 1.82) is 0 Å². The quantitative estimate of drug-likeness (QED) is 0.448. The predicted molar refractivity (Wildman–Crippen MR) is 128 cm³/mol. The van der Waals surface area contributed by atoms with Crippen LogP contribution in [-0.2, 0) is 15.6 Å². The van der Waals surface area contributed by atoms with Crippen LogP contribution in [0.15, 0.2) is 108 Å². The molecule has 6 rings (SSSR count). The Kier molecular flexibility index (Phi) is 4.27. The zero-order valence-corrected chi connectivity index (χ0v) is 18.3. The number of benzene rings is 4. The molecule has 0 unspecified atom stereocenters. The van der Waals surface area contributed by atoms with E-state index in [-0.39, 0.29) is 4.90 Å². The van der Waals surface area contributed by atoms with Crippen molar-refractivity contribution < 1.29 is 13.2 Å². The van der Waals surface area contributed by atoms with Gasteiger partial charge in [0.2, 0.25) is 10.0 Å². The Bertz CT molecular complexity index is 1560. The number of hydrogen-bond donors (Lipinski definition) is 1. The summed E-state index contributed by atoms with van der Waals surface area (Å²) in [6, 6.07) is 32.4. The van der Waals surface area contributed by atoms with E-state index in [0.29, 0.717) is 11.1 Å². The molecule has 5 heteroatoms. The fraction of sp³-hybridized carbons (Fsp3) is 0.0357. The standard InChI is InChI=1S/C28H19NO3S/c30-18-19-15-16-23-22(17-19)26(20-9-3-1-4-10-20)27(21-11-5-2-6-12-21)28(23)24-13-7-8-14-25(24)33(31,32)29-28/h1-18,29H/t28-/m0/s1. The van der Waals surface area contributed by atoms with Crippen molar-refractivity contribution in [2.24, 2.45) is 0 Å². The van der Waals surface area contributed by atoms with Crippen molar-refractivity contribution in [3.05, 3.63) is 137 Å². The Morgan fingerprint density at radius 1 is 0.697 bits per heavy atom. The number of hydrogen-bond acceptors (Lipinski definition) is 3. The lowest BCUT2D eigenvalue weighted by Gasteiger charge is -2.30. The van der Waals surface area contributed by atoms with E-state index >= 15 is 0 Å². The molecule has 4 aromatic carbocycles. The van der Waals surface area contributed by atoms with Gasteiger partial charge in [-0.3, -0.25) is 4.79 Å². The molecule has 1 atom stereocenters. The van der Waals surface area contributed by atoms with E-state index in [2.05, 4.69) is 4.72 Å². The van der Waals surface area contributed by atoms with Crippen LogP contribution in [0.2, 0.25) is 0 Å². The number of carbonyl (C=O) groups excluding carboxylic acids is 1. The fourth-order valence-corrected chi connectivity index (χ4v) is 6.81. The van der Waals surface area contributed by atoms with E-state index in [9.17, 15) is 13.2 Å². The van der Waals surface area contributed by atoms with Crippen LogP contribution in [0.25, 0.3) is 11.1 Å². The van der Waals surface area contributed by atoms with E-state index in [4.69, 9.17) is 0 Å². The summed E-state index contributed by atoms with van der Waals surface area (Å²) in [5.41, 5.74) is 5.46. The topological polar surface area (TPSA) is 63.2 Å². The number of aldehydes is 1. The van der Waals surface area contributed by atoms with Crippen LogP contribution in [0.1, 0.15) is 38.2 Å². The molecule has 0 amide bonds. The Balaban J connectivity index is 1.83. The largest absolute Gasteiger partial charge is 0.298 e. The minimum absolute atomic E-state index is 0.276. The molecule has 0 saturated carbocycles. The first-order valence-electron chi connectivity index (χ1n) is 10.7. The Morgan fingerprint density at radius 3 is 2.03 bits per heavy atom. The van der Waals surface area contributed by atoms with Crippen molar-refractivity contribution in [2.75, 3.05) is 0 Å². The van der Waals surface area contributed by atoms with Crippen molar-refractivity contribution in [3.8, 4) is 0 Å². The molecule has 0 aromatic heterocycles. The highest BCUT2D eigenvalue weighted by Crippen LogP contribution is 2.58. The van der Waals surface area contributed by atoms with Gasteiger partial charge in [-0.25, -0.2) is 8.42 Å². The van der Waals surface area contributed by atoms with E-state index in [1.165, 1.54) is 0 Å². The number of fused-ring (bicyclic) bond motifs is 4. The third kappa shape index (κ3) is 2.73. The van der Waals surface area contributed by atoms with Gasteiger partial charge in [-0.1, -0.05) is 91.0 Å². The van der Waals surface area contributed by atoms with Crippen molar-refractivity contribution >= 4 is 27.5 Å². The van der Waals surface area contributed by atoms with Crippen LogP contribution in [0.5, 0.6) is 0 Å². The average Bonchev–Trinajstić information content (AvgIpc) is 3.28. The molecular formula is C28H19NO3S. The molecule has 1 N–H and O–H groups in total. The van der Waals surface area contributed by atoms with Crippen LogP contribution >= 0.6 is 0 Å². The second kappa shape index (κ2) is 7.10. The van der Waals surface area contributed by atoms with Gasteiger partial charge >= 0.3 is 0 Å². The summed E-state index contributed by atoms with van der Waals surface area (Å²) >= 11 is 0. The first-order chi connectivity index (χ1) is 16.1. The maximum Gasteiger partial charge on any atom is 0.242 e. The lowest BCUT2D eigenvalue weighted by atomic mass is 9.77. The predicted octanol–water partition coefficient (Wildman–Crippen LogP) is 5.01. The molecule has 4 aromatic rings. The third-order valence-corrected chi connectivity index (χ3v) is 7.98. The van der Waals surface area contributed by atoms with Crippen molar-refractivity contribution in [2.45, 2.75) is 10.4 Å². The highest BCUT2D eigenvalue weighted by Gasteiger charge is 2.55. The molecule has 1 heterocycles. The van der Waals surface area contributed by atoms with Crippen LogP contribution < -0.4 is 4.72 Å². The first kappa shape index (κ1) is 19.9. The van der Waals surface area contributed by atoms with Gasteiger partial charge in [-0.2, -0.15) is 4.72 Å². The van der Waals surface area contributed by atoms with Crippen LogP contribution in [-0.4, -0.2) is 14.7 Å². The monoisotopic (exact) mass is 449 g/mol. The second-order valence-electron chi connectivity index (χ2n) is 8.26. The minimum atomic E-state index is -3.76. The fourth-order valence-electron chi connectivity index (χ4n) is 5.20. The summed E-state index contributed by atoms with van der Waals surface area (Å²) in [6.45, 7) is 0. The lowest BCUT2D eigenvalue weighted by molar-refractivity contribution is 0.112. The average molecular weight is 450 g/mol. The van der Waals surface area contributed by atoms with Gasteiger partial charge < -0.3 is 0 Å². The highest BCUT2D eigenvalue weighted by atomic mass is 32.2. The SMILES string of the molecule is O=Cc1ccc2c(c1)C(c1ccccc1)=C(c1ccccc1)[C@]21NS(=O)(=O)c2ccccc21. The van der Waals surface area contributed by atoms with Crippen LogP contribution in [0.3, 0.4) is 0 Å². The maximum absolute atomic E-state index is 13.4. The summed E-state index contributed by atoms with van der Waals surface area (Å²) in [5.74, 6) is 0. The number of carbonyl (C=O) groups is 1. The van der Waals surface area contributed by atoms with Gasteiger partial charge in [0.25, 0.3) is 0 Å². The Labute approximate surface area is 192 Å². The minimum Gasteiger partial charge on any atom is -0.298 e. The molecule has 1 spiro atoms. The summed E-state index contributed by atoms with van der Waals surface area (Å²) in [6.07, 6.45) is 0.822. The number of sulfonamides is 1. The van der Waals surface area contributed by atoms with Gasteiger partial charge in [0.1, 0.15) is 11.8 Å². The molecule has 0 bridgehead atoms. The molecule has 1 aliphatic heterocycles. The van der Waals surface area contributed by atoms with Gasteiger partial charge in [-0.05, 0) is 45.5 Å². The van der Waals surface area contributed by atoms with E-state index < -0.39 is 15.6 Å². The van der Waals surface area contributed by atoms with Crippen molar-refractivity contribution in [3.63, 3.8) is 0 Å². The normalized spacial score (nSPS) is 20.0. The van der Waals surface area contributed by atoms with Crippen LogP contribution in [0.4, 0.5) is 0 Å². The summed E-state index contributed by atoms with van der Waals surface area (Å²) < 4.78 is 29.8. The van der Waals surface area contributed by atoms with Gasteiger partial charge in [0, 0.05) is 11.1 Å². The first-order valence-corrected chi connectivity index (χ1v) is 12.1. The number of rotatable bonds is 3. The molecule has 2 aliphatic rings. The Hall–Kier alpha value is -3.80. The second-order valence-corrected chi connectivity index (χ2v) is 9.91. The zero-order valence-electron chi connectivity index (χ0n) is 17.5. The zero-order chi connectivity index (χ0) is 22.6.